The van der Waals surface area contributed by atoms with Gasteiger partial charge in [0.1, 0.15) is 5.69 Å². The zero-order valence-electron chi connectivity index (χ0n) is 10.1. The summed E-state index contributed by atoms with van der Waals surface area (Å²) in [5.41, 5.74) is 0.0941. The van der Waals surface area contributed by atoms with Crippen LogP contribution >= 0.6 is 0 Å². The number of amides is 1. The molecule has 94 valence electrons. The number of carbonyl (C=O) groups is 1. The van der Waals surface area contributed by atoms with Gasteiger partial charge in [-0.3, -0.25) is 4.79 Å². The van der Waals surface area contributed by atoms with Gasteiger partial charge in [-0.25, -0.2) is 4.98 Å². The molecule has 1 heterocycles. The van der Waals surface area contributed by atoms with Crippen LogP contribution in [-0.2, 0) is 0 Å². The first-order chi connectivity index (χ1) is 8.06. The average Bonchev–Trinajstić information content (AvgIpc) is 2.29. The number of rotatable bonds is 5. The third-order valence-corrected chi connectivity index (χ3v) is 2.38. The number of nitrogens with zero attached hydrogens (tertiary/aromatic N) is 2. The highest BCUT2D eigenvalue weighted by molar-refractivity contribution is 5.92. The summed E-state index contributed by atoms with van der Waals surface area (Å²) < 4.78 is 12.9. The van der Waals surface area contributed by atoms with Crippen molar-refractivity contribution in [1.82, 2.24) is 9.88 Å². The molecule has 0 fully saturated rings. The van der Waals surface area contributed by atoms with Crippen molar-refractivity contribution < 1.29 is 14.3 Å². The fourth-order valence-electron chi connectivity index (χ4n) is 1.51. The van der Waals surface area contributed by atoms with Crippen molar-refractivity contribution in [2.24, 2.45) is 0 Å². The number of hydrogen-bond donors (Lipinski definition) is 1. The van der Waals surface area contributed by atoms with Crippen LogP contribution in [0.4, 0.5) is 4.39 Å². The highest BCUT2D eigenvalue weighted by Gasteiger charge is 2.19. The monoisotopic (exact) mass is 240 g/mol. The predicted octanol–water partition coefficient (Wildman–Crippen LogP) is 1.45. The zero-order chi connectivity index (χ0) is 12.8. The Morgan fingerprint density at radius 3 is 2.76 bits per heavy atom. The van der Waals surface area contributed by atoms with Crippen LogP contribution in [0.2, 0.25) is 0 Å². The van der Waals surface area contributed by atoms with Crippen molar-refractivity contribution in [1.29, 1.82) is 0 Å². The third-order valence-electron chi connectivity index (χ3n) is 2.38. The molecule has 0 bridgehead atoms. The first-order valence-electron chi connectivity index (χ1n) is 5.60. The van der Waals surface area contributed by atoms with E-state index in [0.717, 1.165) is 0 Å². The lowest BCUT2D eigenvalue weighted by molar-refractivity contribution is 0.0686. The smallest absolute Gasteiger partial charge is 0.272 e. The number of carbonyl (C=O) groups excluding carboxylic acids is 1. The third kappa shape index (κ3) is 3.78. The maximum atomic E-state index is 12.9. The molecule has 0 spiro atoms. The second kappa shape index (κ2) is 6.30. The van der Waals surface area contributed by atoms with Crippen molar-refractivity contribution >= 4 is 5.91 Å². The molecule has 5 heteroatoms. The Kier molecular flexibility index (Phi) is 5.03. The summed E-state index contributed by atoms with van der Waals surface area (Å²) in [6, 6.07) is 4.13. The molecule has 1 aromatic rings. The predicted molar refractivity (Wildman–Crippen MR) is 62.1 cm³/mol. The first kappa shape index (κ1) is 13.6. The molecule has 0 saturated heterocycles. The first-order valence-corrected chi connectivity index (χ1v) is 5.60. The topological polar surface area (TPSA) is 53.4 Å². The van der Waals surface area contributed by atoms with E-state index in [1.54, 1.807) is 4.90 Å². The van der Waals surface area contributed by atoms with Crippen molar-refractivity contribution in [3.05, 3.63) is 29.8 Å². The van der Waals surface area contributed by atoms with E-state index in [-0.39, 0.29) is 24.2 Å². The van der Waals surface area contributed by atoms with Crippen molar-refractivity contribution in [2.75, 3.05) is 13.2 Å². The summed E-state index contributed by atoms with van der Waals surface area (Å²) >= 11 is 0. The Morgan fingerprint density at radius 1 is 1.53 bits per heavy atom. The molecular formula is C12H17FN2O2. The summed E-state index contributed by atoms with van der Waals surface area (Å²) in [5.74, 6) is -0.977. The Bertz CT molecular complexity index is 383. The highest BCUT2D eigenvalue weighted by atomic mass is 19.1. The average molecular weight is 240 g/mol. The molecule has 0 aliphatic heterocycles. The summed E-state index contributed by atoms with van der Waals surface area (Å²) in [4.78, 5) is 17.2. The molecule has 0 saturated carbocycles. The second-order valence-electron chi connectivity index (χ2n) is 4.02. The van der Waals surface area contributed by atoms with E-state index in [4.69, 9.17) is 5.11 Å². The molecule has 0 aliphatic carbocycles. The van der Waals surface area contributed by atoms with Gasteiger partial charge in [0.15, 0.2) is 0 Å². The van der Waals surface area contributed by atoms with Crippen LogP contribution in [0.5, 0.6) is 0 Å². The highest BCUT2D eigenvalue weighted by Crippen LogP contribution is 2.08. The van der Waals surface area contributed by atoms with E-state index in [9.17, 15) is 9.18 Å². The molecule has 1 N–H and O–H groups in total. The fourth-order valence-corrected chi connectivity index (χ4v) is 1.51. The SMILES string of the molecule is CC(C)N(CCCO)C(=O)c1cccc(F)n1. The Labute approximate surface area is 100 Å². The maximum absolute atomic E-state index is 12.9. The molecule has 1 rings (SSSR count). The quantitative estimate of drug-likeness (QED) is 0.793. The van der Waals surface area contributed by atoms with Crippen LogP contribution in [0.3, 0.4) is 0 Å². The van der Waals surface area contributed by atoms with Crippen molar-refractivity contribution in [3.63, 3.8) is 0 Å². The van der Waals surface area contributed by atoms with Gasteiger partial charge >= 0.3 is 0 Å². The van der Waals surface area contributed by atoms with Gasteiger partial charge in [-0.05, 0) is 32.4 Å². The summed E-state index contributed by atoms with van der Waals surface area (Å²) in [5, 5.41) is 8.78. The molecule has 4 nitrogen and oxygen atoms in total. The van der Waals surface area contributed by atoms with Gasteiger partial charge in [0.05, 0.1) is 0 Å². The summed E-state index contributed by atoms with van der Waals surface area (Å²) in [6.45, 7) is 4.20. The Morgan fingerprint density at radius 2 is 2.24 bits per heavy atom. The van der Waals surface area contributed by atoms with Gasteiger partial charge in [0, 0.05) is 19.2 Å². The molecular weight excluding hydrogens is 223 g/mol. The van der Waals surface area contributed by atoms with Gasteiger partial charge < -0.3 is 10.0 Å². The van der Waals surface area contributed by atoms with Gasteiger partial charge in [-0.2, -0.15) is 4.39 Å². The van der Waals surface area contributed by atoms with Gasteiger partial charge in [-0.1, -0.05) is 6.07 Å². The number of hydrogen-bond acceptors (Lipinski definition) is 3. The van der Waals surface area contributed by atoms with E-state index in [1.165, 1.54) is 18.2 Å². The van der Waals surface area contributed by atoms with Crippen molar-refractivity contribution in [3.8, 4) is 0 Å². The summed E-state index contributed by atoms with van der Waals surface area (Å²) in [7, 11) is 0. The van der Waals surface area contributed by atoms with Crippen LogP contribution < -0.4 is 0 Å². The van der Waals surface area contributed by atoms with E-state index in [2.05, 4.69) is 4.98 Å². The molecule has 17 heavy (non-hydrogen) atoms. The number of aliphatic hydroxyl groups excluding tert-OH is 1. The fraction of sp³-hybridized carbons (Fsp3) is 0.500. The van der Waals surface area contributed by atoms with Crippen LogP contribution in [-0.4, -0.2) is 40.1 Å². The van der Waals surface area contributed by atoms with Crippen LogP contribution in [0.15, 0.2) is 18.2 Å². The largest absolute Gasteiger partial charge is 0.396 e. The van der Waals surface area contributed by atoms with Gasteiger partial charge in [0.2, 0.25) is 5.95 Å². The minimum atomic E-state index is -0.665. The van der Waals surface area contributed by atoms with Crippen molar-refractivity contribution in [2.45, 2.75) is 26.3 Å². The lowest BCUT2D eigenvalue weighted by Gasteiger charge is -2.26. The molecule has 0 unspecified atom stereocenters. The van der Waals surface area contributed by atoms with Gasteiger partial charge in [-0.15, -0.1) is 0 Å². The lowest BCUT2D eigenvalue weighted by atomic mass is 10.2. The van der Waals surface area contributed by atoms with Gasteiger partial charge in [0.25, 0.3) is 5.91 Å². The number of halogens is 1. The minimum absolute atomic E-state index is 0.0147. The lowest BCUT2D eigenvalue weighted by Crippen LogP contribution is -2.38. The number of aromatic nitrogens is 1. The molecule has 0 aromatic carbocycles. The second-order valence-corrected chi connectivity index (χ2v) is 4.02. The minimum Gasteiger partial charge on any atom is -0.396 e. The molecule has 0 atom stereocenters. The van der Waals surface area contributed by atoms with Crippen LogP contribution in [0.1, 0.15) is 30.8 Å². The van der Waals surface area contributed by atoms with Crippen LogP contribution in [0, 0.1) is 5.95 Å². The van der Waals surface area contributed by atoms with E-state index in [1.807, 2.05) is 13.8 Å². The standard InChI is InChI=1S/C12H17FN2O2/c1-9(2)15(7-4-8-16)12(17)10-5-3-6-11(13)14-10/h3,5-6,9,16H,4,7-8H2,1-2H3. The molecule has 0 radical (unpaired) electrons. The number of pyridine rings is 1. The van der Waals surface area contributed by atoms with E-state index in [0.29, 0.717) is 13.0 Å². The summed E-state index contributed by atoms with van der Waals surface area (Å²) in [6.07, 6.45) is 0.499. The zero-order valence-corrected chi connectivity index (χ0v) is 10.1. The molecule has 1 aromatic heterocycles. The van der Waals surface area contributed by atoms with Crippen LogP contribution in [0.25, 0.3) is 0 Å². The molecule has 0 aliphatic rings. The Balaban J connectivity index is 2.84. The normalized spacial score (nSPS) is 10.6. The molecule has 1 amide bonds. The van der Waals surface area contributed by atoms with E-state index >= 15 is 0 Å². The maximum Gasteiger partial charge on any atom is 0.272 e. The van der Waals surface area contributed by atoms with E-state index < -0.39 is 5.95 Å². The Hall–Kier alpha value is -1.49. The number of aliphatic hydroxyl groups is 1.